The van der Waals surface area contributed by atoms with Crippen LogP contribution in [-0.2, 0) is 0 Å². The predicted octanol–water partition coefficient (Wildman–Crippen LogP) is 4.80. The minimum atomic E-state index is 0.00991. The van der Waals surface area contributed by atoms with Gasteiger partial charge in [-0.3, -0.25) is 4.79 Å². The molecule has 0 aliphatic carbocycles. The fourth-order valence-corrected chi connectivity index (χ4v) is 2.82. The van der Waals surface area contributed by atoms with E-state index < -0.39 is 0 Å². The van der Waals surface area contributed by atoms with Crippen molar-refractivity contribution >= 4 is 5.91 Å². The number of carbonyl (C=O) groups is 1. The first-order valence-electron chi connectivity index (χ1n) is 7.88. The van der Waals surface area contributed by atoms with Gasteiger partial charge in [-0.15, -0.1) is 0 Å². The molecule has 0 aromatic heterocycles. The Bertz CT molecular complexity index is 688. The maximum absolute atomic E-state index is 12.7. The number of aryl methyl sites for hydroxylation is 4. The van der Waals surface area contributed by atoms with E-state index in [1.807, 2.05) is 32.0 Å². The Morgan fingerprint density at radius 3 is 2.23 bits per heavy atom. The molecule has 0 aliphatic heterocycles. The molecule has 2 aromatic rings. The Kier molecular flexibility index (Phi) is 5.02. The fraction of sp³-hybridized carbons (Fsp3) is 0.350. The molecule has 0 saturated carbocycles. The first kappa shape index (κ1) is 16.3. The van der Waals surface area contributed by atoms with Crippen LogP contribution in [0.2, 0.25) is 0 Å². The molecule has 116 valence electrons. The van der Waals surface area contributed by atoms with Crippen molar-refractivity contribution in [3.05, 3.63) is 69.8 Å². The van der Waals surface area contributed by atoms with Gasteiger partial charge < -0.3 is 5.32 Å². The zero-order valence-electron chi connectivity index (χ0n) is 14.2. The van der Waals surface area contributed by atoms with E-state index in [0.29, 0.717) is 0 Å². The zero-order valence-corrected chi connectivity index (χ0v) is 14.2. The van der Waals surface area contributed by atoms with Gasteiger partial charge in [-0.1, -0.05) is 37.3 Å². The second-order valence-electron chi connectivity index (χ2n) is 6.04. The summed E-state index contributed by atoms with van der Waals surface area (Å²) in [7, 11) is 0. The Balaban J connectivity index is 2.27. The molecule has 1 N–H and O–H groups in total. The summed E-state index contributed by atoms with van der Waals surface area (Å²) in [6.07, 6.45) is 0.875. The highest BCUT2D eigenvalue weighted by Crippen LogP contribution is 2.22. The van der Waals surface area contributed by atoms with Crippen molar-refractivity contribution in [2.24, 2.45) is 0 Å². The molecule has 2 aromatic carbocycles. The van der Waals surface area contributed by atoms with E-state index in [0.717, 1.165) is 23.1 Å². The normalized spacial score (nSPS) is 12.0. The molecule has 2 nitrogen and oxygen atoms in total. The van der Waals surface area contributed by atoms with Crippen molar-refractivity contribution in [1.82, 2.24) is 5.32 Å². The monoisotopic (exact) mass is 295 g/mol. The molecule has 1 amide bonds. The Hall–Kier alpha value is -2.09. The van der Waals surface area contributed by atoms with Gasteiger partial charge in [0, 0.05) is 5.56 Å². The lowest BCUT2D eigenvalue weighted by Gasteiger charge is -2.20. The lowest BCUT2D eigenvalue weighted by Crippen LogP contribution is -2.29. The molecule has 0 saturated heterocycles. The zero-order chi connectivity index (χ0) is 16.3. The SMILES string of the molecule is CC[C@@H](NC(=O)c1cc(C)c(C)cc1C)c1ccccc1C. The predicted molar refractivity (Wildman–Crippen MR) is 92.3 cm³/mol. The van der Waals surface area contributed by atoms with Gasteiger partial charge in [0.2, 0.25) is 0 Å². The average Bonchev–Trinajstić information content (AvgIpc) is 2.49. The fourth-order valence-electron chi connectivity index (χ4n) is 2.82. The first-order valence-corrected chi connectivity index (χ1v) is 7.88. The number of amides is 1. The second-order valence-corrected chi connectivity index (χ2v) is 6.04. The van der Waals surface area contributed by atoms with Gasteiger partial charge in [0.25, 0.3) is 5.91 Å². The van der Waals surface area contributed by atoms with E-state index >= 15 is 0 Å². The molecular weight excluding hydrogens is 270 g/mol. The summed E-state index contributed by atoms with van der Waals surface area (Å²) in [5.74, 6) is 0.00991. The van der Waals surface area contributed by atoms with Crippen LogP contribution in [0, 0.1) is 27.7 Å². The summed E-state index contributed by atoms with van der Waals surface area (Å²) in [6.45, 7) is 10.3. The van der Waals surface area contributed by atoms with Gasteiger partial charge in [0.15, 0.2) is 0 Å². The molecule has 1 atom stereocenters. The van der Waals surface area contributed by atoms with Crippen LogP contribution < -0.4 is 5.32 Å². The van der Waals surface area contributed by atoms with Crippen LogP contribution in [0.5, 0.6) is 0 Å². The van der Waals surface area contributed by atoms with Gasteiger partial charge in [-0.2, -0.15) is 0 Å². The van der Waals surface area contributed by atoms with Gasteiger partial charge in [0.1, 0.15) is 0 Å². The van der Waals surface area contributed by atoms with E-state index in [9.17, 15) is 4.79 Å². The second kappa shape index (κ2) is 6.78. The van der Waals surface area contributed by atoms with Crippen LogP contribution in [0.1, 0.15) is 57.6 Å². The van der Waals surface area contributed by atoms with Gasteiger partial charge >= 0.3 is 0 Å². The molecule has 2 rings (SSSR count). The minimum absolute atomic E-state index is 0.00991. The van der Waals surface area contributed by atoms with Crippen LogP contribution >= 0.6 is 0 Å². The van der Waals surface area contributed by atoms with Crippen LogP contribution in [0.3, 0.4) is 0 Å². The van der Waals surface area contributed by atoms with Crippen molar-refractivity contribution < 1.29 is 4.79 Å². The molecule has 0 spiro atoms. The molecule has 0 radical (unpaired) electrons. The largest absolute Gasteiger partial charge is 0.345 e. The Morgan fingerprint density at radius 2 is 1.59 bits per heavy atom. The Morgan fingerprint density at radius 1 is 0.955 bits per heavy atom. The highest BCUT2D eigenvalue weighted by Gasteiger charge is 2.17. The Labute approximate surface area is 133 Å². The number of carbonyl (C=O) groups excluding carboxylic acids is 1. The van der Waals surface area contributed by atoms with Crippen molar-refractivity contribution in [2.75, 3.05) is 0 Å². The highest BCUT2D eigenvalue weighted by molar-refractivity contribution is 5.96. The van der Waals surface area contributed by atoms with E-state index in [1.54, 1.807) is 0 Å². The van der Waals surface area contributed by atoms with Crippen molar-refractivity contribution in [2.45, 2.75) is 47.1 Å². The number of benzene rings is 2. The van der Waals surface area contributed by atoms with Gasteiger partial charge in [0.05, 0.1) is 6.04 Å². The summed E-state index contributed by atoms with van der Waals surface area (Å²) in [6, 6.07) is 12.4. The maximum atomic E-state index is 12.7. The molecular formula is C20H25NO. The molecule has 0 heterocycles. The topological polar surface area (TPSA) is 29.1 Å². The number of hydrogen-bond donors (Lipinski definition) is 1. The molecule has 22 heavy (non-hydrogen) atoms. The summed E-state index contributed by atoms with van der Waals surface area (Å²) < 4.78 is 0. The number of rotatable bonds is 4. The van der Waals surface area contributed by atoms with Gasteiger partial charge in [-0.25, -0.2) is 0 Å². The first-order chi connectivity index (χ1) is 10.4. The molecule has 0 fully saturated rings. The summed E-state index contributed by atoms with van der Waals surface area (Å²) >= 11 is 0. The van der Waals surface area contributed by atoms with Crippen LogP contribution in [-0.4, -0.2) is 5.91 Å². The van der Waals surface area contributed by atoms with Crippen molar-refractivity contribution in [3.63, 3.8) is 0 Å². The van der Waals surface area contributed by atoms with E-state index in [-0.39, 0.29) is 11.9 Å². The lowest BCUT2D eigenvalue weighted by atomic mass is 9.97. The standard InChI is InChI=1S/C20H25NO/c1-6-19(17-10-8-7-9-13(17)2)21-20(22)18-12-15(4)14(3)11-16(18)5/h7-12,19H,6H2,1-5H3,(H,21,22)/t19-/m1/s1. The molecule has 0 aliphatic rings. The number of hydrogen-bond acceptors (Lipinski definition) is 1. The maximum Gasteiger partial charge on any atom is 0.252 e. The van der Waals surface area contributed by atoms with Crippen molar-refractivity contribution in [1.29, 1.82) is 0 Å². The lowest BCUT2D eigenvalue weighted by molar-refractivity contribution is 0.0935. The van der Waals surface area contributed by atoms with Gasteiger partial charge in [-0.05, 0) is 68.0 Å². The third-order valence-corrected chi connectivity index (χ3v) is 4.36. The molecule has 2 heteroatoms. The smallest absolute Gasteiger partial charge is 0.252 e. The van der Waals surface area contributed by atoms with Crippen LogP contribution in [0.25, 0.3) is 0 Å². The molecule has 0 bridgehead atoms. The average molecular weight is 295 g/mol. The van der Waals surface area contributed by atoms with Crippen molar-refractivity contribution in [3.8, 4) is 0 Å². The number of nitrogens with one attached hydrogen (secondary N) is 1. The summed E-state index contributed by atoms with van der Waals surface area (Å²) in [4.78, 5) is 12.7. The highest BCUT2D eigenvalue weighted by atomic mass is 16.1. The van der Waals surface area contributed by atoms with Crippen LogP contribution in [0.4, 0.5) is 0 Å². The van der Waals surface area contributed by atoms with E-state index in [2.05, 4.69) is 44.3 Å². The summed E-state index contributed by atoms with van der Waals surface area (Å²) in [5, 5.41) is 3.19. The van der Waals surface area contributed by atoms with Crippen LogP contribution in [0.15, 0.2) is 36.4 Å². The minimum Gasteiger partial charge on any atom is -0.345 e. The third kappa shape index (κ3) is 3.38. The van der Waals surface area contributed by atoms with E-state index in [1.165, 1.54) is 16.7 Å². The van der Waals surface area contributed by atoms with E-state index in [4.69, 9.17) is 0 Å². The molecule has 0 unspecified atom stereocenters. The third-order valence-electron chi connectivity index (χ3n) is 4.36. The summed E-state index contributed by atoms with van der Waals surface area (Å²) in [5.41, 5.74) is 6.58. The quantitative estimate of drug-likeness (QED) is 0.862.